The smallest absolute Gasteiger partial charge is 0.223 e. The fourth-order valence-electron chi connectivity index (χ4n) is 4.32. The molecular weight excluding hydrogens is 432 g/mol. The Hall–Kier alpha value is -2.67. The number of hydrogen-bond acceptors (Lipinski definition) is 6. The van der Waals surface area contributed by atoms with Crippen molar-refractivity contribution in [2.24, 2.45) is 5.92 Å². The molecule has 7 heteroatoms. The predicted molar refractivity (Wildman–Crippen MR) is 135 cm³/mol. The molecule has 6 nitrogen and oxygen atoms in total. The number of anilines is 1. The van der Waals surface area contributed by atoms with Crippen LogP contribution >= 0.6 is 11.3 Å². The quantitative estimate of drug-likeness (QED) is 0.446. The Morgan fingerprint density at radius 2 is 1.94 bits per heavy atom. The summed E-state index contributed by atoms with van der Waals surface area (Å²) in [5.74, 6) is 2.17. The molecule has 2 aromatic heterocycles. The van der Waals surface area contributed by atoms with Gasteiger partial charge in [-0.3, -0.25) is 4.79 Å². The van der Waals surface area contributed by atoms with E-state index in [1.165, 1.54) is 21.4 Å². The molecule has 176 valence electrons. The molecule has 1 aliphatic heterocycles. The number of fused-ring (bicyclic) bond motifs is 1. The van der Waals surface area contributed by atoms with Gasteiger partial charge in [-0.05, 0) is 62.8 Å². The van der Waals surface area contributed by atoms with Gasteiger partial charge in [0.05, 0.1) is 12.0 Å². The lowest BCUT2D eigenvalue weighted by molar-refractivity contribution is -0.125. The van der Waals surface area contributed by atoms with Crippen LogP contribution in [-0.4, -0.2) is 42.1 Å². The first-order chi connectivity index (χ1) is 16.1. The minimum absolute atomic E-state index is 0.0678. The average molecular weight is 467 g/mol. The molecule has 33 heavy (non-hydrogen) atoms. The lowest BCUT2D eigenvalue weighted by atomic mass is 9.95. The number of aryl methyl sites for hydroxylation is 2. The number of benzene rings is 1. The summed E-state index contributed by atoms with van der Waals surface area (Å²) in [6.07, 6.45) is 6.40. The van der Waals surface area contributed by atoms with Crippen molar-refractivity contribution in [3.05, 3.63) is 46.6 Å². The molecule has 0 aliphatic carbocycles. The first-order valence-electron chi connectivity index (χ1n) is 12.0. The van der Waals surface area contributed by atoms with Crippen LogP contribution in [0.3, 0.4) is 0 Å². The Bertz CT molecular complexity index is 1070. The number of nitrogens with zero attached hydrogens (tertiary/aromatic N) is 3. The van der Waals surface area contributed by atoms with Crippen molar-refractivity contribution in [2.45, 2.75) is 52.9 Å². The zero-order chi connectivity index (χ0) is 23.2. The number of carbonyl (C=O) groups excluding carboxylic acids is 1. The molecule has 1 N–H and O–H groups in total. The van der Waals surface area contributed by atoms with Crippen LogP contribution in [0.5, 0.6) is 5.75 Å². The van der Waals surface area contributed by atoms with Gasteiger partial charge in [-0.1, -0.05) is 25.5 Å². The second kappa shape index (κ2) is 11.0. The second-order valence-electron chi connectivity index (χ2n) is 8.81. The summed E-state index contributed by atoms with van der Waals surface area (Å²) in [6.45, 7) is 9.56. The molecule has 1 fully saturated rings. The Kier molecular flexibility index (Phi) is 7.81. The van der Waals surface area contributed by atoms with Gasteiger partial charge in [0.25, 0.3) is 0 Å². The van der Waals surface area contributed by atoms with E-state index in [4.69, 9.17) is 4.74 Å². The number of amides is 1. The topological polar surface area (TPSA) is 67.3 Å². The van der Waals surface area contributed by atoms with Crippen molar-refractivity contribution in [3.8, 4) is 5.75 Å². The maximum absolute atomic E-state index is 12.7. The Morgan fingerprint density at radius 3 is 2.67 bits per heavy atom. The number of carbonyl (C=O) groups is 1. The summed E-state index contributed by atoms with van der Waals surface area (Å²) in [5.41, 5.74) is 2.48. The van der Waals surface area contributed by atoms with E-state index < -0.39 is 0 Å². The van der Waals surface area contributed by atoms with E-state index in [1.54, 1.807) is 17.7 Å². The monoisotopic (exact) mass is 466 g/mol. The molecule has 0 spiro atoms. The van der Waals surface area contributed by atoms with Crippen molar-refractivity contribution >= 4 is 33.3 Å². The number of thiophene rings is 1. The molecule has 0 saturated carbocycles. The molecule has 1 amide bonds. The second-order valence-corrected chi connectivity index (χ2v) is 10.0. The van der Waals surface area contributed by atoms with E-state index in [-0.39, 0.29) is 11.8 Å². The summed E-state index contributed by atoms with van der Waals surface area (Å²) >= 11 is 1.73. The van der Waals surface area contributed by atoms with Gasteiger partial charge >= 0.3 is 0 Å². The third-order valence-corrected chi connectivity index (χ3v) is 7.63. The standard InChI is InChI=1S/C26H34N4O2S/c1-4-5-16-32-22-8-6-20(7-9-22)10-13-27-25(31)21-11-14-30(15-12-21)24-23-18(2)19(3)33-26(23)29-17-28-24/h6-9,17,21H,4-5,10-16H2,1-3H3,(H,27,31). The van der Waals surface area contributed by atoms with E-state index in [0.717, 1.165) is 68.2 Å². The van der Waals surface area contributed by atoms with Crippen molar-refractivity contribution < 1.29 is 9.53 Å². The first-order valence-corrected chi connectivity index (χ1v) is 12.8. The minimum atomic E-state index is 0.0678. The summed E-state index contributed by atoms with van der Waals surface area (Å²) in [5, 5.41) is 4.31. The van der Waals surface area contributed by atoms with Crippen LogP contribution in [0, 0.1) is 19.8 Å². The summed E-state index contributed by atoms with van der Waals surface area (Å²) in [6, 6.07) is 8.21. The van der Waals surface area contributed by atoms with Gasteiger partial charge < -0.3 is 15.0 Å². The molecule has 0 unspecified atom stereocenters. The maximum Gasteiger partial charge on any atom is 0.223 e. The fraction of sp³-hybridized carbons (Fsp3) is 0.500. The number of hydrogen-bond donors (Lipinski definition) is 1. The molecule has 4 rings (SSSR count). The Morgan fingerprint density at radius 1 is 1.18 bits per heavy atom. The van der Waals surface area contributed by atoms with Gasteiger partial charge in [-0.2, -0.15) is 0 Å². The third-order valence-electron chi connectivity index (χ3n) is 6.51. The lowest BCUT2D eigenvalue weighted by Crippen LogP contribution is -2.41. The van der Waals surface area contributed by atoms with Gasteiger partial charge in [0.2, 0.25) is 5.91 Å². The van der Waals surface area contributed by atoms with Crippen LogP contribution < -0.4 is 15.0 Å². The molecule has 0 radical (unpaired) electrons. The zero-order valence-electron chi connectivity index (χ0n) is 19.9. The maximum atomic E-state index is 12.7. The molecule has 3 heterocycles. The highest BCUT2D eigenvalue weighted by molar-refractivity contribution is 7.18. The summed E-state index contributed by atoms with van der Waals surface area (Å²) in [7, 11) is 0. The predicted octanol–water partition coefficient (Wildman–Crippen LogP) is 5.06. The highest BCUT2D eigenvalue weighted by Gasteiger charge is 2.27. The summed E-state index contributed by atoms with van der Waals surface area (Å²) < 4.78 is 5.71. The normalized spacial score (nSPS) is 14.6. The van der Waals surface area contributed by atoms with Gasteiger partial charge in [-0.15, -0.1) is 11.3 Å². The van der Waals surface area contributed by atoms with Crippen molar-refractivity contribution in [2.75, 3.05) is 31.1 Å². The molecule has 0 atom stereocenters. The molecule has 1 saturated heterocycles. The van der Waals surface area contributed by atoms with Gasteiger partial charge in [0.15, 0.2) is 0 Å². The van der Waals surface area contributed by atoms with E-state index in [0.29, 0.717) is 6.54 Å². The van der Waals surface area contributed by atoms with Crippen LogP contribution in [0.25, 0.3) is 10.2 Å². The number of ether oxygens (including phenoxy) is 1. The van der Waals surface area contributed by atoms with Crippen LogP contribution in [0.15, 0.2) is 30.6 Å². The van der Waals surface area contributed by atoms with Gasteiger partial charge in [0.1, 0.15) is 22.7 Å². The molecule has 3 aromatic rings. The Labute approximate surface area is 200 Å². The van der Waals surface area contributed by atoms with Crippen LogP contribution in [0.2, 0.25) is 0 Å². The van der Waals surface area contributed by atoms with Gasteiger partial charge in [0, 0.05) is 30.4 Å². The lowest BCUT2D eigenvalue weighted by Gasteiger charge is -2.32. The minimum Gasteiger partial charge on any atom is -0.494 e. The number of aromatic nitrogens is 2. The summed E-state index contributed by atoms with van der Waals surface area (Å²) in [4.78, 5) is 26.4. The Balaban J connectivity index is 1.24. The van der Waals surface area contributed by atoms with E-state index >= 15 is 0 Å². The first kappa shape index (κ1) is 23.5. The number of unbranched alkanes of at least 4 members (excludes halogenated alkanes) is 1. The average Bonchev–Trinajstić information content (AvgIpc) is 3.14. The van der Waals surface area contributed by atoms with E-state index in [2.05, 4.69) is 53.1 Å². The van der Waals surface area contributed by atoms with Crippen LogP contribution in [0.4, 0.5) is 5.82 Å². The van der Waals surface area contributed by atoms with Crippen LogP contribution in [-0.2, 0) is 11.2 Å². The van der Waals surface area contributed by atoms with Crippen molar-refractivity contribution in [1.29, 1.82) is 0 Å². The van der Waals surface area contributed by atoms with Crippen molar-refractivity contribution in [1.82, 2.24) is 15.3 Å². The molecule has 0 bridgehead atoms. The molecular formula is C26H34N4O2S. The largest absolute Gasteiger partial charge is 0.494 e. The zero-order valence-corrected chi connectivity index (χ0v) is 20.7. The highest BCUT2D eigenvalue weighted by Crippen LogP contribution is 2.35. The molecule has 1 aliphatic rings. The number of piperidine rings is 1. The highest BCUT2D eigenvalue weighted by atomic mass is 32.1. The van der Waals surface area contributed by atoms with E-state index in [9.17, 15) is 4.79 Å². The van der Waals surface area contributed by atoms with Gasteiger partial charge in [-0.25, -0.2) is 9.97 Å². The number of nitrogens with one attached hydrogen (secondary N) is 1. The van der Waals surface area contributed by atoms with Crippen LogP contribution in [0.1, 0.15) is 48.6 Å². The third kappa shape index (κ3) is 5.64. The number of rotatable bonds is 9. The van der Waals surface area contributed by atoms with E-state index in [1.807, 2.05) is 12.1 Å². The SMILES string of the molecule is CCCCOc1ccc(CCNC(=O)C2CCN(c3ncnc4sc(C)c(C)c34)CC2)cc1. The fourth-order valence-corrected chi connectivity index (χ4v) is 5.31. The van der Waals surface area contributed by atoms with Crippen molar-refractivity contribution in [3.63, 3.8) is 0 Å². The molecule has 1 aromatic carbocycles.